The van der Waals surface area contributed by atoms with Gasteiger partial charge in [0.05, 0.1) is 6.61 Å². The third kappa shape index (κ3) is 4.37. The van der Waals surface area contributed by atoms with Crippen molar-refractivity contribution in [2.24, 2.45) is 5.41 Å². The molecule has 1 aromatic heterocycles. The first-order valence-corrected chi connectivity index (χ1v) is 7.85. The summed E-state index contributed by atoms with van der Waals surface area (Å²) in [5.41, 5.74) is -0.405. The number of rotatable bonds is 6. The first-order chi connectivity index (χ1) is 11.3. The summed E-state index contributed by atoms with van der Waals surface area (Å²) in [5, 5.41) is 12.2. The fourth-order valence-corrected chi connectivity index (χ4v) is 2.77. The lowest BCUT2D eigenvalue weighted by molar-refractivity contribution is -0.190. The van der Waals surface area contributed by atoms with Crippen LogP contribution in [-0.2, 0) is 0 Å². The number of carbonyl (C=O) groups is 1. The Morgan fingerprint density at radius 2 is 2.12 bits per heavy atom. The molecule has 2 N–H and O–H groups in total. The molecule has 1 heterocycles. The number of aliphatic hydroxyl groups excluding tert-OH is 1. The van der Waals surface area contributed by atoms with Crippen LogP contribution in [0.3, 0.4) is 0 Å². The van der Waals surface area contributed by atoms with Crippen molar-refractivity contribution in [3.63, 3.8) is 0 Å². The molecule has 0 aliphatic heterocycles. The molecule has 2 rings (SSSR count). The third-order valence-electron chi connectivity index (χ3n) is 4.39. The highest BCUT2D eigenvalue weighted by molar-refractivity contribution is 5.96. The van der Waals surface area contributed by atoms with Crippen molar-refractivity contribution < 1.29 is 27.8 Å². The molecular formula is C16H21F3N2O3. The molecule has 24 heavy (non-hydrogen) atoms. The van der Waals surface area contributed by atoms with Gasteiger partial charge in [0, 0.05) is 18.2 Å². The van der Waals surface area contributed by atoms with Crippen molar-refractivity contribution in [1.29, 1.82) is 0 Å². The molecule has 1 fully saturated rings. The van der Waals surface area contributed by atoms with Gasteiger partial charge in [0.2, 0.25) is 5.88 Å². The number of aromatic nitrogens is 1. The number of nitrogens with one attached hydrogen (secondary N) is 1. The van der Waals surface area contributed by atoms with Crippen molar-refractivity contribution in [3.8, 4) is 5.88 Å². The van der Waals surface area contributed by atoms with Gasteiger partial charge in [-0.2, -0.15) is 13.2 Å². The monoisotopic (exact) mass is 346 g/mol. The van der Waals surface area contributed by atoms with E-state index in [0.29, 0.717) is 0 Å². The zero-order chi connectivity index (χ0) is 17.8. The Bertz CT molecular complexity index is 572. The number of halogens is 3. The SMILES string of the molecule is C[C@H](Oc1ncccc1C(=O)NCC1(CO)CCCC1)C(F)(F)F. The van der Waals surface area contributed by atoms with E-state index in [0.717, 1.165) is 32.6 Å². The summed E-state index contributed by atoms with van der Waals surface area (Å²) in [5.74, 6) is -0.920. The van der Waals surface area contributed by atoms with Gasteiger partial charge in [-0.1, -0.05) is 12.8 Å². The van der Waals surface area contributed by atoms with Crippen LogP contribution in [0.2, 0.25) is 0 Å². The summed E-state index contributed by atoms with van der Waals surface area (Å²) < 4.78 is 42.7. The second-order valence-corrected chi connectivity index (χ2v) is 6.21. The van der Waals surface area contributed by atoms with Gasteiger partial charge in [-0.05, 0) is 31.9 Å². The maximum absolute atomic E-state index is 12.6. The molecule has 0 bridgehead atoms. The number of nitrogens with zero attached hydrogens (tertiary/aromatic N) is 1. The maximum atomic E-state index is 12.6. The maximum Gasteiger partial charge on any atom is 0.425 e. The van der Waals surface area contributed by atoms with Crippen molar-refractivity contribution >= 4 is 5.91 Å². The molecule has 0 radical (unpaired) electrons. The van der Waals surface area contributed by atoms with Crippen LogP contribution in [0.4, 0.5) is 13.2 Å². The minimum atomic E-state index is -4.55. The van der Waals surface area contributed by atoms with E-state index in [2.05, 4.69) is 10.3 Å². The second-order valence-electron chi connectivity index (χ2n) is 6.21. The van der Waals surface area contributed by atoms with E-state index in [9.17, 15) is 23.1 Å². The summed E-state index contributed by atoms with van der Waals surface area (Å²) in [4.78, 5) is 16.1. The number of carbonyl (C=O) groups excluding carboxylic acids is 1. The van der Waals surface area contributed by atoms with E-state index < -0.39 is 18.2 Å². The predicted octanol–water partition coefficient (Wildman–Crippen LogP) is 2.69. The number of aliphatic hydroxyl groups is 1. The van der Waals surface area contributed by atoms with Crippen LogP contribution < -0.4 is 10.1 Å². The molecule has 5 nitrogen and oxygen atoms in total. The summed E-state index contributed by atoms with van der Waals surface area (Å²) >= 11 is 0. The molecular weight excluding hydrogens is 325 g/mol. The average Bonchev–Trinajstić information content (AvgIpc) is 3.02. The fraction of sp³-hybridized carbons (Fsp3) is 0.625. The van der Waals surface area contributed by atoms with E-state index in [1.807, 2.05) is 0 Å². The number of hydrogen-bond donors (Lipinski definition) is 2. The molecule has 1 aliphatic rings. The molecule has 1 aromatic rings. The highest BCUT2D eigenvalue weighted by Crippen LogP contribution is 2.37. The molecule has 1 aliphatic carbocycles. The Morgan fingerprint density at radius 1 is 1.46 bits per heavy atom. The van der Waals surface area contributed by atoms with E-state index in [4.69, 9.17) is 4.74 Å². The van der Waals surface area contributed by atoms with Crippen LogP contribution in [0.15, 0.2) is 18.3 Å². The van der Waals surface area contributed by atoms with Crippen molar-refractivity contribution in [3.05, 3.63) is 23.9 Å². The zero-order valence-electron chi connectivity index (χ0n) is 13.4. The lowest BCUT2D eigenvalue weighted by Crippen LogP contribution is -2.39. The number of amides is 1. The van der Waals surface area contributed by atoms with Gasteiger partial charge in [-0.3, -0.25) is 4.79 Å². The van der Waals surface area contributed by atoms with Crippen LogP contribution in [0.1, 0.15) is 43.0 Å². The van der Waals surface area contributed by atoms with Crippen LogP contribution in [0, 0.1) is 5.41 Å². The van der Waals surface area contributed by atoms with Crippen molar-refractivity contribution in [2.45, 2.75) is 44.9 Å². The van der Waals surface area contributed by atoms with Crippen LogP contribution in [-0.4, -0.2) is 41.4 Å². The normalized spacial score (nSPS) is 18.2. The smallest absolute Gasteiger partial charge is 0.425 e. The third-order valence-corrected chi connectivity index (χ3v) is 4.39. The molecule has 0 unspecified atom stereocenters. The average molecular weight is 346 g/mol. The highest BCUT2D eigenvalue weighted by Gasteiger charge is 2.39. The van der Waals surface area contributed by atoms with Crippen LogP contribution >= 0.6 is 0 Å². The van der Waals surface area contributed by atoms with E-state index >= 15 is 0 Å². The summed E-state index contributed by atoms with van der Waals surface area (Å²) in [6.45, 7) is 1.09. The van der Waals surface area contributed by atoms with Gasteiger partial charge in [0.25, 0.3) is 5.91 Å². The van der Waals surface area contributed by atoms with Gasteiger partial charge in [-0.25, -0.2) is 4.98 Å². The summed E-state index contributed by atoms with van der Waals surface area (Å²) in [6.07, 6.45) is -1.76. The first-order valence-electron chi connectivity index (χ1n) is 7.85. The van der Waals surface area contributed by atoms with Gasteiger partial charge in [-0.15, -0.1) is 0 Å². The number of hydrogen-bond acceptors (Lipinski definition) is 4. The van der Waals surface area contributed by atoms with Crippen molar-refractivity contribution in [1.82, 2.24) is 10.3 Å². The summed E-state index contributed by atoms with van der Waals surface area (Å²) in [6, 6.07) is 2.82. The molecule has 0 saturated heterocycles. The molecule has 1 atom stereocenters. The Labute approximate surface area is 138 Å². The van der Waals surface area contributed by atoms with Crippen LogP contribution in [0.25, 0.3) is 0 Å². The Morgan fingerprint density at radius 3 is 2.71 bits per heavy atom. The Hall–Kier alpha value is -1.83. The molecule has 8 heteroatoms. The quantitative estimate of drug-likeness (QED) is 0.831. The molecule has 1 saturated carbocycles. The number of alkyl halides is 3. The number of pyridine rings is 1. The minimum absolute atomic E-state index is 0.0330. The zero-order valence-corrected chi connectivity index (χ0v) is 13.4. The van der Waals surface area contributed by atoms with E-state index in [-0.39, 0.29) is 30.0 Å². The topological polar surface area (TPSA) is 71.5 Å². The number of ether oxygens (including phenoxy) is 1. The molecule has 134 valence electrons. The lowest BCUT2D eigenvalue weighted by Gasteiger charge is -2.26. The van der Waals surface area contributed by atoms with Crippen molar-refractivity contribution in [2.75, 3.05) is 13.2 Å². The van der Waals surface area contributed by atoms with Gasteiger partial charge < -0.3 is 15.2 Å². The molecule has 0 spiro atoms. The lowest BCUT2D eigenvalue weighted by atomic mass is 9.87. The van der Waals surface area contributed by atoms with Gasteiger partial charge in [0.1, 0.15) is 5.56 Å². The second kappa shape index (κ2) is 7.38. The van der Waals surface area contributed by atoms with Crippen LogP contribution in [0.5, 0.6) is 5.88 Å². The van der Waals surface area contributed by atoms with E-state index in [1.165, 1.54) is 18.3 Å². The predicted molar refractivity (Wildman–Crippen MR) is 80.7 cm³/mol. The largest absolute Gasteiger partial charge is 0.464 e. The summed E-state index contributed by atoms with van der Waals surface area (Å²) in [7, 11) is 0. The molecule has 0 aromatic carbocycles. The fourth-order valence-electron chi connectivity index (χ4n) is 2.77. The Balaban J connectivity index is 2.07. The first kappa shape index (κ1) is 18.5. The van der Waals surface area contributed by atoms with Gasteiger partial charge >= 0.3 is 6.18 Å². The van der Waals surface area contributed by atoms with E-state index in [1.54, 1.807) is 0 Å². The minimum Gasteiger partial charge on any atom is -0.464 e. The van der Waals surface area contributed by atoms with Gasteiger partial charge in [0.15, 0.2) is 6.10 Å². The molecule has 1 amide bonds. The Kier molecular flexibility index (Phi) is 5.69. The standard InChI is InChI=1S/C16H21F3N2O3/c1-11(16(17,18)19)24-14-12(5-4-8-20-14)13(23)21-9-15(10-22)6-2-3-7-15/h4-5,8,11,22H,2-3,6-7,9-10H2,1H3,(H,21,23)/t11-/m0/s1. The highest BCUT2D eigenvalue weighted by atomic mass is 19.4.